The first-order valence-electron chi connectivity index (χ1n) is 14.4. The number of rotatable bonds is 4. The van der Waals surface area contributed by atoms with Crippen LogP contribution in [0.3, 0.4) is 0 Å². The summed E-state index contributed by atoms with van der Waals surface area (Å²) in [6, 6.07) is -0.623. The molecule has 4 rings (SSSR count). The predicted molar refractivity (Wildman–Crippen MR) is 155 cm³/mol. The number of likely N-dealkylation sites (N-methyl/N-ethyl adjacent to an activating group) is 2. The quantitative estimate of drug-likeness (QED) is 0.388. The lowest BCUT2D eigenvalue weighted by molar-refractivity contribution is -0.144. The largest absolute Gasteiger partial charge is 0.327 e. The summed E-state index contributed by atoms with van der Waals surface area (Å²) in [5, 5.41) is 0. The van der Waals surface area contributed by atoms with E-state index in [9.17, 15) is 19.2 Å². The molecule has 0 aliphatic carbocycles. The maximum atomic E-state index is 13.8. The van der Waals surface area contributed by atoms with E-state index in [0.29, 0.717) is 25.7 Å². The van der Waals surface area contributed by atoms with Crippen LogP contribution in [0.2, 0.25) is 0 Å². The summed E-state index contributed by atoms with van der Waals surface area (Å²) < 4.78 is 0. The maximum Gasteiger partial charge on any atom is 0.327 e. The van der Waals surface area contributed by atoms with E-state index in [1.54, 1.807) is 36.0 Å². The fourth-order valence-corrected chi connectivity index (χ4v) is 8.25. The molecule has 4 aliphatic heterocycles. The van der Waals surface area contributed by atoms with Crippen molar-refractivity contribution >= 4 is 23.9 Å². The molecule has 0 radical (unpaired) electrons. The molecule has 0 bridgehead atoms. The van der Waals surface area contributed by atoms with Crippen LogP contribution in [0.1, 0.15) is 81.1 Å². The second-order valence-corrected chi connectivity index (χ2v) is 15.1. The van der Waals surface area contributed by atoms with Crippen LogP contribution in [0.15, 0.2) is 12.2 Å². The molecular formula is C30H50N6O4. The number of hydrogen-bond acceptors (Lipinski definition) is 6. The third-order valence-corrected chi connectivity index (χ3v) is 10.9. The monoisotopic (exact) mass is 558 g/mol. The van der Waals surface area contributed by atoms with E-state index in [2.05, 4.69) is 79.3 Å². The van der Waals surface area contributed by atoms with E-state index in [1.165, 1.54) is 9.80 Å². The van der Waals surface area contributed by atoms with Crippen molar-refractivity contribution in [1.29, 1.82) is 0 Å². The Bertz CT molecular complexity index is 1030. The van der Waals surface area contributed by atoms with Gasteiger partial charge in [0.15, 0.2) is 0 Å². The molecule has 10 nitrogen and oxygen atoms in total. The van der Waals surface area contributed by atoms with Gasteiger partial charge in [0.25, 0.3) is 11.8 Å². The average molecular weight is 559 g/mol. The number of urea groups is 2. The number of imide groups is 2. The Balaban J connectivity index is 1.49. The normalized spacial score (nSPS) is 29.2. The van der Waals surface area contributed by atoms with Gasteiger partial charge in [-0.2, -0.15) is 0 Å². The zero-order chi connectivity index (χ0) is 30.4. The summed E-state index contributed by atoms with van der Waals surface area (Å²) in [6.45, 7) is 17.1. The van der Waals surface area contributed by atoms with E-state index in [-0.39, 0.29) is 59.1 Å². The van der Waals surface area contributed by atoms with Gasteiger partial charge in [-0.1, -0.05) is 12.2 Å². The fraction of sp³-hybridized carbons (Fsp3) is 0.800. The third-order valence-electron chi connectivity index (χ3n) is 10.9. The van der Waals surface area contributed by atoms with Gasteiger partial charge in [-0.3, -0.25) is 29.2 Å². The predicted octanol–water partition coefficient (Wildman–Crippen LogP) is 3.37. The Morgan fingerprint density at radius 2 is 0.775 bits per heavy atom. The Morgan fingerprint density at radius 3 is 1.02 bits per heavy atom. The molecule has 4 saturated heterocycles. The molecule has 6 amide bonds. The first kappa shape index (κ1) is 30.5. The Morgan fingerprint density at radius 1 is 0.525 bits per heavy atom. The number of carbonyl (C=O) groups is 4. The van der Waals surface area contributed by atoms with Gasteiger partial charge in [0.2, 0.25) is 0 Å². The molecule has 10 heteroatoms. The lowest BCUT2D eigenvalue weighted by Crippen LogP contribution is -2.68. The molecule has 4 heterocycles. The van der Waals surface area contributed by atoms with Gasteiger partial charge >= 0.3 is 12.1 Å². The lowest BCUT2D eigenvalue weighted by Gasteiger charge is -2.57. The SMILES string of the molecule is CN1C(C)(C)CC2(CC1(C)C)C(=O)N(CC=CCN1C(=O)N(C)C3(CC(C)(C)N(C)C(C)(C)C3)C1=O)C(=O)N2C. The van der Waals surface area contributed by atoms with Crippen molar-refractivity contribution in [2.45, 2.75) is 114 Å². The van der Waals surface area contributed by atoms with E-state index < -0.39 is 11.1 Å². The van der Waals surface area contributed by atoms with Crippen LogP contribution in [0, 0.1) is 0 Å². The zero-order valence-corrected chi connectivity index (χ0v) is 26.7. The van der Waals surface area contributed by atoms with Crippen molar-refractivity contribution in [3.63, 3.8) is 0 Å². The van der Waals surface area contributed by atoms with Gasteiger partial charge in [-0.05, 0) is 95.2 Å². The highest BCUT2D eigenvalue weighted by Gasteiger charge is 2.64. The molecule has 0 aromatic carbocycles. The number of amides is 6. The van der Waals surface area contributed by atoms with Crippen molar-refractivity contribution in [3.8, 4) is 0 Å². The first-order valence-corrected chi connectivity index (χ1v) is 14.4. The van der Waals surface area contributed by atoms with Crippen molar-refractivity contribution < 1.29 is 19.2 Å². The van der Waals surface area contributed by atoms with Gasteiger partial charge in [0.1, 0.15) is 11.1 Å². The van der Waals surface area contributed by atoms with Gasteiger partial charge in [-0.15, -0.1) is 0 Å². The van der Waals surface area contributed by atoms with Gasteiger partial charge < -0.3 is 9.80 Å². The van der Waals surface area contributed by atoms with E-state index >= 15 is 0 Å². The standard InChI is InChI=1S/C30H50N6O4/c1-25(2)17-29(18-26(3,4)33(25)11)21(37)35(23(39)31(29)9)15-13-14-16-36-22(38)30(32(10)24(36)40)19-27(5,6)34(12)28(7,8)20-30/h13-14H,15-20H2,1-12H3. The highest BCUT2D eigenvalue weighted by molar-refractivity contribution is 6.08. The summed E-state index contributed by atoms with van der Waals surface area (Å²) in [7, 11) is 7.60. The summed E-state index contributed by atoms with van der Waals surface area (Å²) >= 11 is 0. The van der Waals surface area contributed by atoms with Crippen LogP contribution in [0.25, 0.3) is 0 Å². The molecule has 2 spiro atoms. The summed E-state index contributed by atoms with van der Waals surface area (Å²) in [5.74, 6) is -0.358. The second-order valence-electron chi connectivity index (χ2n) is 15.1. The number of likely N-dealkylation sites (tertiary alicyclic amines) is 2. The number of piperidine rings is 2. The van der Waals surface area contributed by atoms with Crippen LogP contribution >= 0.6 is 0 Å². The zero-order valence-electron chi connectivity index (χ0n) is 26.7. The van der Waals surface area contributed by atoms with Gasteiger partial charge in [-0.25, -0.2) is 9.59 Å². The van der Waals surface area contributed by atoms with Crippen LogP contribution < -0.4 is 0 Å². The molecule has 224 valence electrons. The average Bonchev–Trinajstić information content (AvgIpc) is 3.09. The van der Waals surface area contributed by atoms with Crippen molar-refractivity contribution in [3.05, 3.63) is 12.2 Å². The van der Waals surface area contributed by atoms with Crippen LogP contribution in [-0.2, 0) is 9.59 Å². The van der Waals surface area contributed by atoms with Crippen LogP contribution in [0.5, 0.6) is 0 Å². The molecule has 0 atom stereocenters. The molecule has 0 N–H and O–H groups in total. The van der Waals surface area contributed by atoms with E-state index in [4.69, 9.17) is 0 Å². The highest BCUT2D eigenvalue weighted by Crippen LogP contribution is 2.49. The van der Waals surface area contributed by atoms with Gasteiger partial charge in [0.05, 0.1) is 0 Å². The molecule has 0 saturated carbocycles. The Kier molecular flexibility index (Phi) is 6.88. The van der Waals surface area contributed by atoms with E-state index in [1.807, 2.05) is 0 Å². The minimum atomic E-state index is -0.895. The molecule has 4 aliphatic rings. The van der Waals surface area contributed by atoms with Crippen LogP contribution in [-0.4, -0.2) is 128 Å². The van der Waals surface area contributed by atoms with Gasteiger partial charge in [0, 0.05) is 49.3 Å². The molecular weight excluding hydrogens is 508 g/mol. The molecule has 0 aromatic heterocycles. The third kappa shape index (κ3) is 4.19. The second kappa shape index (κ2) is 9.02. The van der Waals surface area contributed by atoms with Crippen molar-refractivity contribution in [2.75, 3.05) is 41.3 Å². The van der Waals surface area contributed by atoms with E-state index in [0.717, 1.165) is 0 Å². The highest BCUT2D eigenvalue weighted by atomic mass is 16.2. The molecule has 4 fully saturated rings. The van der Waals surface area contributed by atoms with Crippen molar-refractivity contribution in [2.24, 2.45) is 0 Å². The number of hydrogen-bond donors (Lipinski definition) is 0. The molecule has 0 unspecified atom stereocenters. The number of carbonyl (C=O) groups excluding carboxylic acids is 4. The topological polar surface area (TPSA) is 87.7 Å². The molecule has 0 aromatic rings. The maximum absolute atomic E-state index is 13.8. The Hall–Kier alpha value is -2.46. The first-order chi connectivity index (χ1) is 18.1. The molecule has 40 heavy (non-hydrogen) atoms. The van der Waals surface area contributed by atoms with Crippen LogP contribution in [0.4, 0.5) is 9.59 Å². The smallest absolute Gasteiger partial charge is 0.312 e. The summed E-state index contributed by atoms with van der Waals surface area (Å²) in [5.41, 5.74) is -2.87. The minimum absolute atomic E-state index is 0.0997. The summed E-state index contributed by atoms with van der Waals surface area (Å²) in [4.78, 5) is 64.7. The summed E-state index contributed by atoms with van der Waals surface area (Å²) in [6.07, 6.45) is 5.65. The lowest BCUT2D eigenvalue weighted by atomic mass is 9.68. The Labute approximate surface area is 240 Å². The minimum Gasteiger partial charge on any atom is -0.312 e. The van der Waals surface area contributed by atoms with Crippen molar-refractivity contribution in [1.82, 2.24) is 29.4 Å². The number of nitrogens with zero attached hydrogens (tertiary/aromatic N) is 6. The fourth-order valence-electron chi connectivity index (χ4n) is 8.25.